The highest BCUT2D eigenvalue weighted by Gasteiger charge is 2.10. The van der Waals surface area contributed by atoms with Gasteiger partial charge in [0.05, 0.1) is 20.6 Å². The lowest BCUT2D eigenvalue weighted by Crippen LogP contribution is -2.11. The van der Waals surface area contributed by atoms with Gasteiger partial charge in [-0.2, -0.15) is 0 Å². The van der Waals surface area contributed by atoms with Gasteiger partial charge in [-0.1, -0.05) is 36.4 Å². The minimum Gasteiger partial charge on any atom is -0.493 e. The second-order valence-corrected chi connectivity index (χ2v) is 5.35. The molecule has 0 amide bonds. The molecule has 0 N–H and O–H groups in total. The van der Waals surface area contributed by atoms with Crippen molar-refractivity contribution in [2.24, 2.45) is 0 Å². The maximum absolute atomic E-state index is 12.2. The fourth-order valence-corrected chi connectivity index (χ4v) is 2.56. The van der Waals surface area contributed by atoms with E-state index in [1.807, 2.05) is 42.5 Å². The standard InChI is InChI=1S/C20H18O4/c1-22-18-10-7-14(11-19(18)23-2)12-20(21)24-17-9-8-15-5-3-4-6-16(15)13-17/h3-11,13H,12H2,1-2H3. The van der Waals surface area contributed by atoms with Crippen LogP contribution in [0.1, 0.15) is 5.56 Å². The highest BCUT2D eigenvalue weighted by molar-refractivity contribution is 5.85. The molecule has 0 heterocycles. The minimum atomic E-state index is -0.322. The Kier molecular flexibility index (Phi) is 4.66. The summed E-state index contributed by atoms with van der Waals surface area (Å²) in [6.45, 7) is 0. The van der Waals surface area contributed by atoms with Crippen LogP contribution in [0, 0.1) is 0 Å². The zero-order chi connectivity index (χ0) is 16.9. The average molecular weight is 322 g/mol. The van der Waals surface area contributed by atoms with E-state index in [0.717, 1.165) is 16.3 Å². The molecule has 0 atom stereocenters. The number of rotatable bonds is 5. The first-order valence-electron chi connectivity index (χ1n) is 7.60. The van der Waals surface area contributed by atoms with Crippen LogP contribution in [-0.4, -0.2) is 20.2 Å². The molecule has 0 fully saturated rings. The molecule has 0 aliphatic rings. The van der Waals surface area contributed by atoms with E-state index in [0.29, 0.717) is 17.2 Å². The second kappa shape index (κ2) is 7.04. The van der Waals surface area contributed by atoms with Crippen LogP contribution in [-0.2, 0) is 11.2 Å². The summed E-state index contributed by atoms with van der Waals surface area (Å²) in [6.07, 6.45) is 0.160. The van der Waals surface area contributed by atoms with E-state index in [1.54, 1.807) is 32.4 Å². The molecule has 3 aromatic carbocycles. The minimum absolute atomic E-state index is 0.160. The first kappa shape index (κ1) is 15.9. The van der Waals surface area contributed by atoms with E-state index in [9.17, 15) is 4.79 Å². The summed E-state index contributed by atoms with van der Waals surface area (Å²) in [5.74, 6) is 1.44. The van der Waals surface area contributed by atoms with E-state index >= 15 is 0 Å². The lowest BCUT2D eigenvalue weighted by Gasteiger charge is -2.10. The Hall–Kier alpha value is -3.01. The number of benzene rings is 3. The smallest absolute Gasteiger partial charge is 0.315 e. The summed E-state index contributed by atoms with van der Waals surface area (Å²) >= 11 is 0. The fraction of sp³-hybridized carbons (Fsp3) is 0.150. The molecule has 0 aliphatic heterocycles. The van der Waals surface area contributed by atoms with Gasteiger partial charge in [-0.05, 0) is 40.6 Å². The van der Waals surface area contributed by atoms with Crippen molar-refractivity contribution in [3.05, 3.63) is 66.2 Å². The summed E-state index contributed by atoms with van der Waals surface area (Å²) in [5, 5.41) is 2.14. The van der Waals surface area contributed by atoms with Crippen LogP contribution < -0.4 is 14.2 Å². The molecule has 0 unspecified atom stereocenters. The first-order chi connectivity index (χ1) is 11.7. The molecule has 0 radical (unpaired) electrons. The number of methoxy groups -OCH3 is 2. The van der Waals surface area contributed by atoms with Crippen molar-refractivity contribution in [3.8, 4) is 17.2 Å². The lowest BCUT2D eigenvalue weighted by atomic mass is 10.1. The molecule has 3 aromatic rings. The third-order valence-electron chi connectivity index (χ3n) is 3.75. The van der Waals surface area contributed by atoms with Gasteiger partial charge in [-0.15, -0.1) is 0 Å². The normalized spacial score (nSPS) is 10.4. The Balaban J connectivity index is 1.72. The number of carbonyl (C=O) groups is 1. The Morgan fingerprint density at radius 1 is 0.833 bits per heavy atom. The van der Waals surface area contributed by atoms with Crippen LogP contribution in [0.4, 0.5) is 0 Å². The topological polar surface area (TPSA) is 44.8 Å². The van der Waals surface area contributed by atoms with Gasteiger partial charge < -0.3 is 14.2 Å². The summed E-state index contributed by atoms with van der Waals surface area (Å²) in [5.41, 5.74) is 0.804. The van der Waals surface area contributed by atoms with E-state index in [2.05, 4.69) is 0 Å². The summed E-state index contributed by atoms with van der Waals surface area (Å²) in [4.78, 5) is 12.2. The number of fused-ring (bicyclic) bond motifs is 1. The number of hydrogen-bond acceptors (Lipinski definition) is 4. The Labute approximate surface area is 140 Å². The predicted octanol–water partition coefficient (Wildman–Crippen LogP) is 4.01. The van der Waals surface area contributed by atoms with Crippen molar-refractivity contribution < 1.29 is 19.0 Å². The fourth-order valence-electron chi connectivity index (χ4n) is 2.56. The molecule has 0 bridgehead atoms. The van der Waals surface area contributed by atoms with Crippen molar-refractivity contribution in [2.75, 3.05) is 14.2 Å². The van der Waals surface area contributed by atoms with E-state index < -0.39 is 0 Å². The summed E-state index contributed by atoms with van der Waals surface area (Å²) in [6, 6.07) is 18.9. The number of ether oxygens (including phenoxy) is 3. The Morgan fingerprint density at radius 3 is 2.33 bits per heavy atom. The van der Waals surface area contributed by atoms with Gasteiger partial charge in [-0.25, -0.2) is 0 Å². The first-order valence-corrected chi connectivity index (χ1v) is 7.60. The van der Waals surface area contributed by atoms with E-state index in [4.69, 9.17) is 14.2 Å². The molecule has 3 rings (SSSR count). The van der Waals surface area contributed by atoms with Crippen LogP contribution in [0.2, 0.25) is 0 Å². The molecule has 0 aliphatic carbocycles. The van der Waals surface area contributed by atoms with Crippen LogP contribution in [0.5, 0.6) is 17.2 Å². The van der Waals surface area contributed by atoms with Crippen molar-refractivity contribution in [1.82, 2.24) is 0 Å². The summed E-state index contributed by atoms with van der Waals surface area (Å²) in [7, 11) is 3.14. The third kappa shape index (κ3) is 3.49. The highest BCUT2D eigenvalue weighted by atomic mass is 16.5. The third-order valence-corrected chi connectivity index (χ3v) is 3.75. The average Bonchev–Trinajstić information content (AvgIpc) is 2.61. The zero-order valence-corrected chi connectivity index (χ0v) is 13.6. The van der Waals surface area contributed by atoms with Gasteiger partial charge >= 0.3 is 5.97 Å². The van der Waals surface area contributed by atoms with E-state index in [-0.39, 0.29) is 12.4 Å². The van der Waals surface area contributed by atoms with Gasteiger partial charge in [0.15, 0.2) is 11.5 Å². The second-order valence-electron chi connectivity index (χ2n) is 5.35. The van der Waals surface area contributed by atoms with E-state index in [1.165, 1.54) is 0 Å². The van der Waals surface area contributed by atoms with Crippen LogP contribution in [0.15, 0.2) is 60.7 Å². The molecule has 0 saturated carbocycles. The molecule has 122 valence electrons. The van der Waals surface area contributed by atoms with Gasteiger partial charge in [-0.3, -0.25) is 4.79 Å². The SMILES string of the molecule is COc1ccc(CC(=O)Oc2ccc3ccccc3c2)cc1OC. The van der Waals surface area contributed by atoms with Gasteiger partial charge in [0.1, 0.15) is 5.75 Å². The molecule has 4 nitrogen and oxygen atoms in total. The number of hydrogen-bond donors (Lipinski definition) is 0. The maximum atomic E-state index is 12.2. The molecular weight excluding hydrogens is 304 g/mol. The van der Waals surface area contributed by atoms with Gasteiger partial charge in [0, 0.05) is 0 Å². The molecular formula is C20H18O4. The molecule has 0 saturated heterocycles. The molecule has 0 spiro atoms. The molecule has 4 heteroatoms. The Bertz CT molecular complexity index is 870. The van der Waals surface area contributed by atoms with Crippen molar-refractivity contribution in [3.63, 3.8) is 0 Å². The quantitative estimate of drug-likeness (QED) is 0.526. The molecule has 0 aromatic heterocycles. The van der Waals surface area contributed by atoms with Crippen LogP contribution in [0.3, 0.4) is 0 Å². The maximum Gasteiger partial charge on any atom is 0.315 e. The van der Waals surface area contributed by atoms with Crippen molar-refractivity contribution >= 4 is 16.7 Å². The van der Waals surface area contributed by atoms with Gasteiger partial charge in [0.25, 0.3) is 0 Å². The summed E-state index contributed by atoms with van der Waals surface area (Å²) < 4.78 is 15.9. The lowest BCUT2D eigenvalue weighted by molar-refractivity contribution is -0.133. The van der Waals surface area contributed by atoms with Crippen molar-refractivity contribution in [1.29, 1.82) is 0 Å². The van der Waals surface area contributed by atoms with Crippen LogP contribution >= 0.6 is 0 Å². The van der Waals surface area contributed by atoms with Crippen molar-refractivity contribution in [2.45, 2.75) is 6.42 Å². The van der Waals surface area contributed by atoms with Gasteiger partial charge in [0.2, 0.25) is 0 Å². The number of carbonyl (C=O) groups excluding carboxylic acids is 1. The monoisotopic (exact) mass is 322 g/mol. The largest absolute Gasteiger partial charge is 0.493 e. The zero-order valence-electron chi connectivity index (χ0n) is 13.6. The predicted molar refractivity (Wildman–Crippen MR) is 92.8 cm³/mol. The van der Waals surface area contributed by atoms with Crippen LogP contribution in [0.25, 0.3) is 10.8 Å². The number of esters is 1. The Morgan fingerprint density at radius 2 is 1.58 bits per heavy atom. The highest BCUT2D eigenvalue weighted by Crippen LogP contribution is 2.28. The molecule has 24 heavy (non-hydrogen) atoms.